The minimum Gasteiger partial charge on any atom is -0.395 e. The van der Waals surface area contributed by atoms with Crippen LogP contribution in [-0.2, 0) is 16.2 Å². The van der Waals surface area contributed by atoms with Crippen molar-refractivity contribution >= 4 is 5.91 Å². The maximum atomic E-state index is 12.2. The van der Waals surface area contributed by atoms with E-state index < -0.39 is 22.2 Å². The van der Waals surface area contributed by atoms with Crippen LogP contribution in [0.25, 0.3) is 0 Å². The Morgan fingerprint density at radius 2 is 1.17 bits per heavy atom. The summed E-state index contributed by atoms with van der Waals surface area (Å²) in [5.41, 5.74) is 6.19. The van der Waals surface area contributed by atoms with Gasteiger partial charge in [-0.05, 0) is 16.7 Å². The molecule has 1 rings (SSSR count). The van der Waals surface area contributed by atoms with Crippen LogP contribution in [0, 0.1) is 0 Å². The van der Waals surface area contributed by atoms with Crippen molar-refractivity contribution < 1.29 is 20.1 Å². The summed E-state index contributed by atoms with van der Waals surface area (Å²) in [6.45, 7) is 10.8. The van der Waals surface area contributed by atoms with Crippen LogP contribution in [-0.4, -0.2) is 41.0 Å². The van der Waals surface area contributed by atoms with Crippen molar-refractivity contribution in [1.29, 1.82) is 0 Å². The highest BCUT2D eigenvalue weighted by Gasteiger charge is 2.34. The van der Waals surface area contributed by atoms with Crippen LogP contribution < -0.4 is 5.73 Å². The zero-order chi connectivity index (χ0) is 18.9. The number of amides is 1. The number of benzene rings is 1. The molecule has 1 aromatic rings. The Balaban J connectivity index is 3.96. The van der Waals surface area contributed by atoms with E-state index in [2.05, 4.69) is 0 Å². The quantitative estimate of drug-likeness (QED) is 0.606. The second-order valence-corrected chi connectivity index (χ2v) is 8.44. The fourth-order valence-corrected chi connectivity index (χ4v) is 2.63. The number of aliphatic hydroxyl groups excluding tert-OH is 3. The molecule has 0 unspecified atom stereocenters. The highest BCUT2D eigenvalue weighted by Crippen LogP contribution is 2.38. The lowest BCUT2D eigenvalue weighted by Crippen LogP contribution is -2.34. The summed E-state index contributed by atoms with van der Waals surface area (Å²) in [5.74, 6) is -0.587. The molecule has 0 heterocycles. The third-order valence-corrected chi connectivity index (χ3v) is 4.81. The van der Waals surface area contributed by atoms with Gasteiger partial charge in [-0.1, -0.05) is 53.7 Å². The Hall–Kier alpha value is -1.43. The van der Waals surface area contributed by atoms with Gasteiger partial charge in [0, 0.05) is 21.8 Å². The van der Waals surface area contributed by atoms with Crippen LogP contribution in [0.1, 0.15) is 68.6 Å². The number of rotatable bonds is 7. The normalized spacial score (nSPS) is 13.2. The van der Waals surface area contributed by atoms with E-state index >= 15 is 0 Å². The average Bonchev–Trinajstić information content (AvgIpc) is 2.53. The molecule has 0 saturated heterocycles. The van der Waals surface area contributed by atoms with Crippen LogP contribution in [0.2, 0.25) is 0 Å². The summed E-state index contributed by atoms with van der Waals surface area (Å²) in [5, 5.41) is 29.3. The molecule has 0 aromatic heterocycles. The van der Waals surface area contributed by atoms with Crippen molar-refractivity contribution in [2.24, 2.45) is 5.73 Å². The molecule has 5 nitrogen and oxygen atoms in total. The summed E-state index contributed by atoms with van der Waals surface area (Å²) < 4.78 is 0. The molecule has 0 aliphatic rings. The number of hydrogen-bond acceptors (Lipinski definition) is 4. The topological polar surface area (TPSA) is 104 Å². The van der Waals surface area contributed by atoms with Gasteiger partial charge in [-0.3, -0.25) is 4.79 Å². The lowest BCUT2D eigenvalue weighted by atomic mass is 9.71. The Kier molecular flexibility index (Phi) is 5.86. The van der Waals surface area contributed by atoms with Gasteiger partial charge in [0.2, 0.25) is 5.91 Å². The van der Waals surface area contributed by atoms with Crippen molar-refractivity contribution in [1.82, 2.24) is 0 Å². The van der Waals surface area contributed by atoms with Crippen molar-refractivity contribution in [2.45, 2.75) is 57.8 Å². The Morgan fingerprint density at radius 3 is 1.42 bits per heavy atom. The Morgan fingerprint density at radius 1 is 0.833 bits per heavy atom. The predicted octanol–water partition coefficient (Wildman–Crippen LogP) is 1.60. The fraction of sp³-hybridized carbons (Fsp3) is 0.632. The molecule has 0 aliphatic carbocycles. The van der Waals surface area contributed by atoms with Crippen molar-refractivity contribution in [3.63, 3.8) is 0 Å². The summed E-state index contributed by atoms with van der Waals surface area (Å²) in [4.78, 5) is 12.2. The van der Waals surface area contributed by atoms with Crippen LogP contribution >= 0.6 is 0 Å². The first kappa shape index (κ1) is 20.6. The average molecular weight is 337 g/mol. The van der Waals surface area contributed by atoms with Crippen molar-refractivity contribution in [2.75, 3.05) is 19.8 Å². The molecule has 0 spiro atoms. The molecule has 1 amide bonds. The molecule has 5 heteroatoms. The van der Waals surface area contributed by atoms with E-state index in [4.69, 9.17) is 5.73 Å². The van der Waals surface area contributed by atoms with Gasteiger partial charge in [-0.2, -0.15) is 0 Å². The number of carbonyl (C=O) groups is 1. The number of hydrogen-bond donors (Lipinski definition) is 4. The van der Waals surface area contributed by atoms with Gasteiger partial charge in [0.1, 0.15) is 0 Å². The maximum absolute atomic E-state index is 12.2. The Bertz CT molecular complexity index is 581. The molecule has 0 aliphatic heterocycles. The molecule has 5 N–H and O–H groups in total. The minimum atomic E-state index is -0.688. The van der Waals surface area contributed by atoms with Crippen molar-refractivity contribution in [3.8, 4) is 0 Å². The highest BCUT2D eigenvalue weighted by atomic mass is 16.3. The first-order valence-electron chi connectivity index (χ1n) is 8.16. The third kappa shape index (κ3) is 3.79. The van der Waals surface area contributed by atoms with E-state index in [-0.39, 0.29) is 19.8 Å². The van der Waals surface area contributed by atoms with E-state index in [0.717, 1.165) is 5.56 Å². The summed E-state index contributed by atoms with van der Waals surface area (Å²) in [6, 6.07) is 3.67. The van der Waals surface area contributed by atoms with Gasteiger partial charge in [-0.15, -0.1) is 0 Å². The molecule has 0 fully saturated rings. The second-order valence-electron chi connectivity index (χ2n) is 8.44. The lowest BCUT2D eigenvalue weighted by Gasteiger charge is -2.34. The molecule has 136 valence electrons. The van der Waals surface area contributed by atoms with Crippen LogP contribution in [0.15, 0.2) is 12.1 Å². The van der Waals surface area contributed by atoms with Crippen LogP contribution in [0.4, 0.5) is 0 Å². The van der Waals surface area contributed by atoms with E-state index in [1.165, 1.54) is 0 Å². The van der Waals surface area contributed by atoms with Crippen LogP contribution in [0.3, 0.4) is 0 Å². The van der Waals surface area contributed by atoms with E-state index in [9.17, 15) is 20.1 Å². The monoisotopic (exact) mass is 337 g/mol. The molecule has 0 bridgehead atoms. The van der Waals surface area contributed by atoms with Gasteiger partial charge >= 0.3 is 0 Å². The van der Waals surface area contributed by atoms with E-state index in [0.29, 0.717) is 16.7 Å². The number of carbonyl (C=O) groups excluding carboxylic acids is 1. The third-order valence-electron chi connectivity index (χ3n) is 4.81. The van der Waals surface area contributed by atoms with Gasteiger partial charge in [0.05, 0.1) is 19.8 Å². The molecule has 0 atom stereocenters. The predicted molar refractivity (Wildman–Crippen MR) is 95.3 cm³/mol. The standard InChI is InChI=1S/C19H31NO4/c1-17(2,9-21)12-7-13(18(3,4)10-22)15(16(20)24)14(8-12)19(5,6)11-23/h7-8,21-23H,9-11H2,1-6H3,(H2,20,24). The minimum absolute atomic E-state index is 0.0685. The largest absolute Gasteiger partial charge is 0.395 e. The van der Waals surface area contributed by atoms with Gasteiger partial charge in [0.15, 0.2) is 0 Å². The van der Waals surface area contributed by atoms with Gasteiger partial charge in [0.25, 0.3) is 0 Å². The first-order chi connectivity index (χ1) is 10.8. The number of primary amides is 1. The SMILES string of the molecule is CC(C)(CO)c1cc(C(C)(C)CO)c(C(N)=O)c(C(C)(C)CO)c1. The smallest absolute Gasteiger partial charge is 0.249 e. The lowest BCUT2D eigenvalue weighted by molar-refractivity contribution is 0.0992. The van der Waals surface area contributed by atoms with Gasteiger partial charge in [-0.25, -0.2) is 0 Å². The summed E-state index contributed by atoms with van der Waals surface area (Å²) >= 11 is 0. The number of nitrogens with two attached hydrogens (primary N) is 1. The molecule has 1 aromatic carbocycles. The second kappa shape index (κ2) is 6.82. The highest BCUT2D eigenvalue weighted by molar-refractivity contribution is 5.97. The van der Waals surface area contributed by atoms with E-state index in [1.54, 1.807) is 0 Å². The number of aliphatic hydroxyl groups is 3. The molecular formula is C19H31NO4. The van der Waals surface area contributed by atoms with E-state index in [1.807, 2.05) is 53.7 Å². The van der Waals surface area contributed by atoms with Crippen molar-refractivity contribution in [3.05, 3.63) is 34.4 Å². The Labute approximate surface area is 144 Å². The first-order valence-corrected chi connectivity index (χ1v) is 8.16. The molecule has 24 heavy (non-hydrogen) atoms. The van der Waals surface area contributed by atoms with Crippen LogP contribution in [0.5, 0.6) is 0 Å². The summed E-state index contributed by atoms with van der Waals surface area (Å²) in [6.07, 6.45) is 0. The zero-order valence-corrected chi connectivity index (χ0v) is 15.6. The molecular weight excluding hydrogens is 306 g/mol. The molecule has 0 saturated carbocycles. The van der Waals surface area contributed by atoms with Gasteiger partial charge < -0.3 is 21.1 Å². The fourth-order valence-electron chi connectivity index (χ4n) is 2.63. The molecule has 0 radical (unpaired) electrons. The zero-order valence-electron chi connectivity index (χ0n) is 15.6. The maximum Gasteiger partial charge on any atom is 0.249 e. The summed E-state index contributed by atoms with van der Waals surface area (Å²) in [7, 11) is 0.